The number of aromatic nitrogens is 1. The molecule has 1 atom stereocenters. The van der Waals surface area contributed by atoms with Gasteiger partial charge in [-0.1, -0.05) is 23.5 Å². The van der Waals surface area contributed by atoms with Crippen LogP contribution in [-0.2, 0) is 14.8 Å². The first-order valence-corrected chi connectivity index (χ1v) is 13.4. The number of nitriles is 1. The molecule has 10 nitrogen and oxygen atoms in total. The monoisotopic (exact) mass is 552 g/mol. The van der Waals surface area contributed by atoms with E-state index in [-0.39, 0.29) is 4.90 Å². The van der Waals surface area contributed by atoms with Crippen molar-refractivity contribution in [3.05, 3.63) is 71.8 Å². The maximum atomic E-state index is 13.5. The molecule has 1 amide bonds. The molecule has 0 radical (unpaired) electrons. The number of sulfonamides is 1. The van der Waals surface area contributed by atoms with Crippen molar-refractivity contribution in [1.82, 2.24) is 9.29 Å². The lowest BCUT2D eigenvalue weighted by Crippen LogP contribution is -2.26. The molecule has 0 spiro atoms. The highest BCUT2D eigenvalue weighted by atomic mass is 32.2. The minimum absolute atomic E-state index is 0.0813. The maximum absolute atomic E-state index is 13.5. The molecule has 1 N–H and O–H groups in total. The number of rotatable bonds is 9. The third-order valence-electron chi connectivity index (χ3n) is 5.56. The quantitative estimate of drug-likeness (QED) is 0.327. The van der Waals surface area contributed by atoms with Crippen LogP contribution in [0.4, 0.5) is 5.13 Å². The molecule has 38 heavy (non-hydrogen) atoms. The first-order chi connectivity index (χ1) is 18.2. The Balaban J connectivity index is 1.66. The highest BCUT2D eigenvalue weighted by Crippen LogP contribution is 2.36. The summed E-state index contributed by atoms with van der Waals surface area (Å²) in [6.07, 6.45) is -1.14. The fraction of sp³-hybridized carbons (Fsp3) is 0.192. The van der Waals surface area contributed by atoms with Crippen LogP contribution >= 0.6 is 11.3 Å². The molecular weight excluding hydrogens is 528 g/mol. The summed E-state index contributed by atoms with van der Waals surface area (Å²) in [4.78, 5) is 18.0. The van der Waals surface area contributed by atoms with E-state index in [0.29, 0.717) is 39.0 Å². The molecule has 0 aliphatic heterocycles. The Morgan fingerprint density at radius 3 is 2.24 bits per heavy atom. The average Bonchev–Trinajstić information content (AvgIpc) is 3.31. The Morgan fingerprint density at radius 1 is 1.03 bits per heavy atom. The molecule has 3 aromatic carbocycles. The number of nitrogens with zero attached hydrogens (tertiary/aromatic N) is 3. The number of ether oxygens (including phenoxy) is 3. The fourth-order valence-corrected chi connectivity index (χ4v) is 5.30. The van der Waals surface area contributed by atoms with Crippen LogP contribution in [0.15, 0.2) is 65.6 Å². The lowest BCUT2D eigenvalue weighted by Gasteiger charge is -2.19. The van der Waals surface area contributed by atoms with Gasteiger partial charge in [-0.25, -0.2) is 17.7 Å². The molecule has 4 rings (SSSR count). The number of nitrogens with one attached hydrogen (secondary N) is 1. The van der Waals surface area contributed by atoms with Crippen LogP contribution in [0.3, 0.4) is 0 Å². The van der Waals surface area contributed by atoms with Crippen molar-refractivity contribution in [2.45, 2.75) is 11.0 Å². The van der Waals surface area contributed by atoms with Crippen LogP contribution in [0.2, 0.25) is 0 Å². The highest BCUT2D eigenvalue weighted by molar-refractivity contribution is 7.89. The topological polar surface area (TPSA) is 131 Å². The maximum Gasteiger partial charge on any atom is 0.271 e. The highest BCUT2D eigenvalue weighted by Gasteiger charge is 2.26. The molecule has 1 aromatic heterocycles. The number of carbonyl (C=O) groups is 1. The van der Waals surface area contributed by atoms with Gasteiger partial charge in [-0.05, 0) is 36.4 Å². The molecule has 0 bridgehead atoms. The zero-order chi connectivity index (χ0) is 27.4. The second kappa shape index (κ2) is 11.1. The predicted molar refractivity (Wildman–Crippen MR) is 143 cm³/mol. The van der Waals surface area contributed by atoms with Gasteiger partial charge in [0.05, 0.1) is 41.0 Å². The summed E-state index contributed by atoms with van der Waals surface area (Å²) < 4.78 is 43.5. The van der Waals surface area contributed by atoms with Crippen molar-refractivity contribution in [1.29, 1.82) is 5.26 Å². The number of amides is 1. The van der Waals surface area contributed by atoms with Gasteiger partial charge in [0.25, 0.3) is 5.91 Å². The average molecular weight is 553 g/mol. The lowest BCUT2D eigenvalue weighted by atomic mass is 10.1. The van der Waals surface area contributed by atoms with Crippen LogP contribution in [0.1, 0.15) is 17.2 Å². The van der Waals surface area contributed by atoms with Crippen LogP contribution in [0, 0.1) is 11.3 Å². The molecule has 0 fully saturated rings. The Hall–Kier alpha value is -4.18. The largest absolute Gasteiger partial charge is 0.493 e. The Kier molecular flexibility index (Phi) is 7.82. The molecule has 0 aliphatic rings. The Labute approximate surface area is 224 Å². The molecule has 1 unspecified atom stereocenters. The van der Waals surface area contributed by atoms with Crippen molar-refractivity contribution < 1.29 is 27.4 Å². The SMILES string of the molecule is COc1cc2nc(NC(=O)C(Oc3ccc(C#N)cc3)c3ccc(S(=O)(=O)N(C)C)cc3)sc2cc1OC. The van der Waals surface area contributed by atoms with Crippen molar-refractivity contribution in [2.75, 3.05) is 33.6 Å². The zero-order valence-corrected chi connectivity index (χ0v) is 22.6. The number of anilines is 1. The molecule has 196 valence electrons. The van der Waals surface area contributed by atoms with Gasteiger partial charge in [0.1, 0.15) is 5.75 Å². The van der Waals surface area contributed by atoms with Gasteiger partial charge in [-0.3, -0.25) is 10.1 Å². The van der Waals surface area contributed by atoms with E-state index in [1.807, 2.05) is 6.07 Å². The summed E-state index contributed by atoms with van der Waals surface area (Å²) in [7, 11) is 2.30. The van der Waals surface area contributed by atoms with E-state index < -0.39 is 22.0 Å². The van der Waals surface area contributed by atoms with Gasteiger partial charge in [-0.2, -0.15) is 5.26 Å². The molecule has 0 saturated heterocycles. The van der Waals surface area contributed by atoms with Gasteiger partial charge >= 0.3 is 0 Å². The second-order valence-electron chi connectivity index (χ2n) is 8.17. The minimum atomic E-state index is -3.65. The van der Waals surface area contributed by atoms with Gasteiger partial charge in [0.2, 0.25) is 16.1 Å². The standard InChI is InChI=1S/C26H24N4O6S2/c1-30(2)38(32,33)19-11-7-17(8-12-19)24(36-18-9-5-16(15-27)6-10-18)25(31)29-26-28-20-13-21(34-3)22(35-4)14-23(20)37-26/h5-14,24H,1-4H3,(H,28,29,31). The smallest absolute Gasteiger partial charge is 0.271 e. The van der Waals surface area contributed by atoms with Crippen molar-refractivity contribution in [3.8, 4) is 23.3 Å². The van der Waals surface area contributed by atoms with E-state index in [0.717, 1.165) is 9.01 Å². The van der Waals surface area contributed by atoms with E-state index in [1.165, 1.54) is 63.9 Å². The number of hydrogen-bond donors (Lipinski definition) is 1. The van der Waals surface area contributed by atoms with Crippen LogP contribution in [0.5, 0.6) is 17.2 Å². The van der Waals surface area contributed by atoms with E-state index >= 15 is 0 Å². The molecule has 0 aliphatic carbocycles. The third-order valence-corrected chi connectivity index (χ3v) is 8.32. The van der Waals surface area contributed by atoms with E-state index in [2.05, 4.69) is 10.3 Å². The summed E-state index contributed by atoms with van der Waals surface area (Å²) in [6, 6.07) is 17.7. The van der Waals surface area contributed by atoms with Crippen LogP contribution in [0.25, 0.3) is 10.2 Å². The number of hydrogen-bond acceptors (Lipinski definition) is 9. The summed E-state index contributed by atoms with van der Waals surface area (Å²) in [5.74, 6) is 0.887. The molecule has 0 saturated carbocycles. The molecule has 4 aromatic rings. The summed E-state index contributed by atoms with van der Waals surface area (Å²) in [6.45, 7) is 0. The second-order valence-corrected chi connectivity index (χ2v) is 11.4. The van der Waals surface area contributed by atoms with E-state index in [4.69, 9.17) is 19.5 Å². The summed E-state index contributed by atoms with van der Waals surface area (Å²) >= 11 is 1.25. The number of thiazole rings is 1. The Bertz CT molecular complexity index is 1570. The van der Waals surface area contributed by atoms with Crippen molar-refractivity contribution in [2.24, 2.45) is 0 Å². The summed E-state index contributed by atoms with van der Waals surface area (Å²) in [5.41, 5.74) is 1.48. The number of benzene rings is 3. The van der Waals surface area contributed by atoms with Crippen LogP contribution in [-0.4, -0.2) is 51.9 Å². The lowest BCUT2D eigenvalue weighted by molar-refractivity contribution is -0.123. The van der Waals surface area contributed by atoms with Gasteiger partial charge in [-0.15, -0.1) is 0 Å². The Morgan fingerprint density at radius 2 is 1.66 bits per heavy atom. The normalized spacial score (nSPS) is 12.1. The first-order valence-electron chi connectivity index (χ1n) is 11.2. The predicted octanol–water partition coefficient (Wildman–Crippen LogP) is 4.19. The summed E-state index contributed by atoms with van der Waals surface area (Å²) in [5, 5.41) is 12.2. The van der Waals surface area contributed by atoms with Crippen LogP contribution < -0.4 is 19.5 Å². The first kappa shape index (κ1) is 26.9. The van der Waals surface area contributed by atoms with Crippen molar-refractivity contribution in [3.63, 3.8) is 0 Å². The van der Waals surface area contributed by atoms with E-state index in [9.17, 15) is 13.2 Å². The minimum Gasteiger partial charge on any atom is -0.493 e. The van der Waals surface area contributed by atoms with E-state index in [1.54, 1.807) is 36.4 Å². The van der Waals surface area contributed by atoms with Gasteiger partial charge in [0.15, 0.2) is 16.6 Å². The zero-order valence-electron chi connectivity index (χ0n) is 21.0. The molecular formula is C26H24N4O6S2. The number of methoxy groups -OCH3 is 2. The third kappa shape index (κ3) is 5.55. The van der Waals surface area contributed by atoms with Gasteiger partial charge in [0, 0.05) is 31.8 Å². The van der Waals surface area contributed by atoms with Gasteiger partial charge < -0.3 is 14.2 Å². The number of carbonyl (C=O) groups excluding carboxylic acids is 1. The molecule has 12 heteroatoms. The van der Waals surface area contributed by atoms with Crippen molar-refractivity contribution >= 4 is 42.6 Å². The number of fused-ring (bicyclic) bond motifs is 1. The molecule has 1 heterocycles. The fourth-order valence-electron chi connectivity index (χ4n) is 3.52.